The molecule has 0 radical (unpaired) electrons. The van der Waals surface area contributed by atoms with Gasteiger partial charge in [0.15, 0.2) is 8.32 Å². The van der Waals surface area contributed by atoms with E-state index in [4.69, 9.17) is 4.43 Å². The lowest BCUT2D eigenvalue weighted by Gasteiger charge is -2.39. The van der Waals surface area contributed by atoms with Gasteiger partial charge in [0.25, 0.3) is 0 Å². The highest BCUT2D eigenvalue weighted by atomic mass is 28.4. The second-order valence-corrected chi connectivity index (χ2v) is 13.3. The Bertz CT molecular complexity index is 697. The summed E-state index contributed by atoms with van der Waals surface area (Å²) >= 11 is 0. The minimum atomic E-state index is -1.81. The molecule has 0 amide bonds. The Balaban J connectivity index is 2.26. The van der Waals surface area contributed by atoms with Crippen molar-refractivity contribution in [1.82, 2.24) is 0 Å². The van der Waals surface area contributed by atoms with Gasteiger partial charge in [-0.15, -0.1) is 6.58 Å². The van der Waals surface area contributed by atoms with E-state index in [1.165, 1.54) is 29.2 Å². The molecule has 1 unspecified atom stereocenters. The number of hydrogen-bond donors (Lipinski definition) is 0. The average molecular weight is 355 g/mol. The topological polar surface area (TPSA) is 9.23 Å². The van der Waals surface area contributed by atoms with Crippen molar-refractivity contribution < 1.29 is 4.43 Å². The fourth-order valence-corrected chi connectivity index (χ4v) is 4.17. The lowest BCUT2D eigenvalue weighted by Crippen LogP contribution is -2.41. The molecule has 0 N–H and O–H groups in total. The number of unbranched alkanes of at least 4 members (excludes halogenated alkanes) is 2. The average Bonchev–Trinajstić information content (AvgIpc) is 2.56. The zero-order chi connectivity index (χ0) is 18.5. The van der Waals surface area contributed by atoms with E-state index >= 15 is 0 Å². The maximum atomic E-state index is 6.83. The normalized spacial score (nSPS) is 13.8. The Labute approximate surface area is 155 Å². The summed E-state index contributed by atoms with van der Waals surface area (Å²) in [7, 11) is -1.81. The standard InChI is InChI=1S/C23H34OSi/c1-7-8-9-10-15-22(24-25(5,6)23(2,3)4)21-17-16-19-13-11-12-14-20(19)18-21/h7,11-14,16-18,22H,1,8-10,15H2,2-6H3. The summed E-state index contributed by atoms with van der Waals surface area (Å²) in [5.41, 5.74) is 1.32. The van der Waals surface area contributed by atoms with E-state index in [-0.39, 0.29) is 11.1 Å². The summed E-state index contributed by atoms with van der Waals surface area (Å²) < 4.78 is 6.83. The van der Waals surface area contributed by atoms with Crippen molar-refractivity contribution in [3.8, 4) is 0 Å². The van der Waals surface area contributed by atoms with Crippen molar-refractivity contribution in [2.75, 3.05) is 0 Å². The van der Waals surface area contributed by atoms with Gasteiger partial charge >= 0.3 is 0 Å². The molecule has 0 aliphatic carbocycles. The molecule has 2 heteroatoms. The minimum Gasteiger partial charge on any atom is -0.410 e. The molecule has 0 bridgehead atoms. The molecular formula is C23H34OSi. The Morgan fingerprint density at radius 2 is 1.72 bits per heavy atom. The first-order valence-electron chi connectivity index (χ1n) is 9.52. The number of benzene rings is 2. The molecule has 2 aromatic carbocycles. The predicted molar refractivity (Wildman–Crippen MR) is 114 cm³/mol. The molecular weight excluding hydrogens is 320 g/mol. The summed E-state index contributed by atoms with van der Waals surface area (Å²) in [5, 5.41) is 2.82. The molecule has 0 aromatic heterocycles. The maximum absolute atomic E-state index is 6.83. The largest absolute Gasteiger partial charge is 0.410 e. The second kappa shape index (κ2) is 8.33. The third-order valence-electron chi connectivity index (χ3n) is 5.51. The van der Waals surface area contributed by atoms with Crippen LogP contribution in [-0.2, 0) is 4.43 Å². The SMILES string of the molecule is C=CCCCCC(O[Si](C)(C)C(C)(C)C)c1ccc2ccccc2c1. The summed E-state index contributed by atoms with van der Waals surface area (Å²) in [6.07, 6.45) is 6.74. The van der Waals surface area contributed by atoms with E-state index < -0.39 is 8.32 Å². The first-order chi connectivity index (χ1) is 11.7. The van der Waals surface area contributed by atoms with Crippen LogP contribution in [0.5, 0.6) is 0 Å². The molecule has 25 heavy (non-hydrogen) atoms. The molecule has 0 aliphatic heterocycles. The molecule has 0 saturated heterocycles. The van der Waals surface area contributed by atoms with Gasteiger partial charge in [0.05, 0.1) is 6.10 Å². The highest BCUT2D eigenvalue weighted by Gasteiger charge is 2.39. The van der Waals surface area contributed by atoms with E-state index in [2.05, 4.69) is 82.9 Å². The van der Waals surface area contributed by atoms with Crippen LogP contribution in [0.25, 0.3) is 10.8 Å². The van der Waals surface area contributed by atoms with Gasteiger partial charge in [-0.25, -0.2) is 0 Å². The Hall–Kier alpha value is -1.38. The zero-order valence-corrected chi connectivity index (χ0v) is 17.6. The predicted octanol–water partition coefficient (Wildman–Crippen LogP) is 7.65. The van der Waals surface area contributed by atoms with Crippen LogP contribution < -0.4 is 0 Å². The molecule has 2 rings (SSSR count). The summed E-state index contributed by atoms with van der Waals surface area (Å²) in [6.45, 7) is 15.5. The number of hydrogen-bond acceptors (Lipinski definition) is 1. The smallest absolute Gasteiger partial charge is 0.192 e. The van der Waals surface area contributed by atoms with Crippen LogP contribution in [0, 0.1) is 0 Å². The van der Waals surface area contributed by atoms with Crippen LogP contribution in [-0.4, -0.2) is 8.32 Å². The van der Waals surface area contributed by atoms with Gasteiger partial charge in [-0.2, -0.15) is 0 Å². The van der Waals surface area contributed by atoms with Crippen molar-refractivity contribution in [2.24, 2.45) is 0 Å². The summed E-state index contributed by atoms with van der Waals surface area (Å²) in [4.78, 5) is 0. The quantitative estimate of drug-likeness (QED) is 0.269. The van der Waals surface area contributed by atoms with Crippen molar-refractivity contribution in [3.63, 3.8) is 0 Å². The van der Waals surface area contributed by atoms with Gasteiger partial charge in [0.2, 0.25) is 0 Å². The van der Waals surface area contributed by atoms with Crippen LogP contribution in [0.4, 0.5) is 0 Å². The van der Waals surface area contributed by atoms with Gasteiger partial charge in [-0.05, 0) is 59.8 Å². The van der Waals surface area contributed by atoms with Crippen molar-refractivity contribution in [3.05, 3.63) is 60.7 Å². The molecule has 136 valence electrons. The van der Waals surface area contributed by atoms with Gasteiger partial charge in [-0.3, -0.25) is 0 Å². The van der Waals surface area contributed by atoms with Crippen molar-refractivity contribution in [1.29, 1.82) is 0 Å². The lowest BCUT2D eigenvalue weighted by atomic mass is 10.00. The van der Waals surface area contributed by atoms with Crippen molar-refractivity contribution >= 4 is 19.1 Å². The number of fused-ring (bicyclic) bond motifs is 1. The summed E-state index contributed by atoms with van der Waals surface area (Å²) in [6, 6.07) is 15.4. The molecule has 0 fully saturated rings. The minimum absolute atomic E-state index is 0.190. The van der Waals surface area contributed by atoms with Gasteiger partial charge in [0, 0.05) is 0 Å². The molecule has 1 atom stereocenters. The van der Waals surface area contributed by atoms with E-state index in [0.717, 1.165) is 12.8 Å². The maximum Gasteiger partial charge on any atom is 0.192 e. The first-order valence-corrected chi connectivity index (χ1v) is 12.4. The van der Waals surface area contributed by atoms with Gasteiger partial charge in [-0.1, -0.05) is 69.7 Å². The molecule has 0 spiro atoms. The highest BCUT2D eigenvalue weighted by Crippen LogP contribution is 2.41. The van der Waals surface area contributed by atoms with Gasteiger partial charge in [0.1, 0.15) is 0 Å². The van der Waals surface area contributed by atoms with Crippen LogP contribution in [0.1, 0.15) is 58.1 Å². The van der Waals surface area contributed by atoms with E-state index in [1.54, 1.807) is 0 Å². The van der Waals surface area contributed by atoms with Crippen LogP contribution >= 0.6 is 0 Å². The van der Waals surface area contributed by atoms with E-state index in [9.17, 15) is 0 Å². The zero-order valence-electron chi connectivity index (χ0n) is 16.6. The van der Waals surface area contributed by atoms with Crippen LogP contribution in [0.2, 0.25) is 18.1 Å². The Morgan fingerprint density at radius 1 is 1.04 bits per heavy atom. The monoisotopic (exact) mass is 354 g/mol. The molecule has 1 nitrogen and oxygen atoms in total. The van der Waals surface area contributed by atoms with Gasteiger partial charge < -0.3 is 4.43 Å². The van der Waals surface area contributed by atoms with Crippen LogP contribution in [0.15, 0.2) is 55.1 Å². The summed E-state index contributed by atoms with van der Waals surface area (Å²) in [5.74, 6) is 0. The Kier molecular flexibility index (Phi) is 6.64. The third-order valence-corrected chi connectivity index (χ3v) is 10.00. The molecule has 2 aromatic rings. The fourth-order valence-electron chi connectivity index (χ4n) is 2.85. The van der Waals surface area contributed by atoms with E-state index in [0.29, 0.717) is 0 Å². The van der Waals surface area contributed by atoms with E-state index in [1.807, 2.05) is 6.08 Å². The first kappa shape index (κ1) is 19.9. The number of allylic oxidation sites excluding steroid dienone is 1. The lowest BCUT2D eigenvalue weighted by molar-refractivity contribution is 0.170. The van der Waals surface area contributed by atoms with Crippen LogP contribution in [0.3, 0.4) is 0 Å². The fraction of sp³-hybridized carbons (Fsp3) is 0.478. The highest BCUT2D eigenvalue weighted by molar-refractivity contribution is 6.74. The molecule has 0 heterocycles. The number of rotatable bonds is 8. The second-order valence-electron chi connectivity index (χ2n) is 8.55. The Morgan fingerprint density at radius 3 is 2.36 bits per heavy atom. The molecule has 0 saturated carbocycles. The molecule has 0 aliphatic rings. The van der Waals surface area contributed by atoms with Crippen molar-refractivity contribution in [2.45, 2.75) is 70.7 Å². The third kappa shape index (κ3) is 5.29.